The van der Waals surface area contributed by atoms with Gasteiger partial charge in [0.2, 0.25) is 0 Å². The molecule has 24 heavy (non-hydrogen) atoms. The maximum atomic E-state index is 6.10. The van der Waals surface area contributed by atoms with Gasteiger partial charge in [-0.25, -0.2) is 0 Å². The summed E-state index contributed by atoms with van der Waals surface area (Å²) in [5, 5.41) is 0. The molecule has 1 atom stereocenters. The minimum absolute atomic E-state index is 0.0442. The molecule has 0 bridgehead atoms. The monoisotopic (exact) mass is 332 g/mol. The minimum Gasteiger partial charge on any atom is -0.490 e. The molecule has 0 N–H and O–H groups in total. The van der Waals surface area contributed by atoms with Crippen molar-refractivity contribution in [3.63, 3.8) is 0 Å². The van der Waals surface area contributed by atoms with Gasteiger partial charge in [-0.05, 0) is 23.0 Å². The van der Waals surface area contributed by atoms with Crippen molar-refractivity contribution < 1.29 is 18.9 Å². The first kappa shape index (κ1) is 17.2. The van der Waals surface area contributed by atoms with Crippen LogP contribution in [0.2, 0.25) is 0 Å². The lowest BCUT2D eigenvalue weighted by atomic mass is 9.81. The molecule has 0 radical (unpaired) electrons. The highest BCUT2D eigenvalue weighted by atomic mass is 16.6. The van der Waals surface area contributed by atoms with Crippen molar-refractivity contribution in [1.82, 2.24) is 0 Å². The van der Waals surface area contributed by atoms with Crippen LogP contribution in [0.4, 0.5) is 0 Å². The van der Waals surface area contributed by atoms with E-state index >= 15 is 0 Å². The third-order valence-electron chi connectivity index (χ3n) is 4.15. The SMILES string of the molecule is CC(C)(C)c1cc(OCC2CO2)c(C(C)(C)C)cc1OC=C1CO1. The van der Waals surface area contributed by atoms with E-state index in [0.717, 1.165) is 35.0 Å². The third-order valence-corrected chi connectivity index (χ3v) is 4.15. The van der Waals surface area contributed by atoms with Crippen LogP contribution >= 0.6 is 0 Å². The van der Waals surface area contributed by atoms with Gasteiger partial charge in [-0.3, -0.25) is 0 Å². The molecule has 0 spiro atoms. The first-order chi connectivity index (χ1) is 11.1. The zero-order valence-corrected chi connectivity index (χ0v) is 15.6. The van der Waals surface area contributed by atoms with Gasteiger partial charge in [0.15, 0.2) is 5.76 Å². The van der Waals surface area contributed by atoms with Crippen LogP contribution in [0, 0.1) is 0 Å². The van der Waals surface area contributed by atoms with Crippen LogP contribution in [0.3, 0.4) is 0 Å². The first-order valence-electron chi connectivity index (χ1n) is 8.56. The zero-order chi connectivity index (χ0) is 17.5. The van der Waals surface area contributed by atoms with Gasteiger partial charge in [-0.2, -0.15) is 0 Å². The Labute approximate surface area is 144 Å². The molecule has 2 aliphatic heterocycles. The van der Waals surface area contributed by atoms with E-state index in [0.29, 0.717) is 13.2 Å². The summed E-state index contributed by atoms with van der Waals surface area (Å²) in [7, 11) is 0. The fourth-order valence-corrected chi connectivity index (χ4v) is 2.53. The van der Waals surface area contributed by atoms with E-state index in [-0.39, 0.29) is 16.9 Å². The van der Waals surface area contributed by atoms with E-state index in [1.807, 2.05) is 0 Å². The van der Waals surface area contributed by atoms with Gasteiger partial charge < -0.3 is 18.9 Å². The third kappa shape index (κ3) is 4.23. The van der Waals surface area contributed by atoms with Gasteiger partial charge in [-0.1, -0.05) is 41.5 Å². The van der Waals surface area contributed by atoms with Crippen molar-refractivity contribution in [3.05, 3.63) is 35.3 Å². The van der Waals surface area contributed by atoms with Crippen molar-refractivity contribution in [2.45, 2.75) is 58.5 Å². The molecule has 2 aliphatic rings. The number of epoxide rings is 2. The molecule has 1 aromatic carbocycles. The van der Waals surface area contributed by atoms with E-state index in [1.165, 1.54) is 0 Å². The van der Waals surface area contributed by atoms with Crippen LogP contribution in [-0.4, -0.2) is 25.9 Å². The Balaban J connectivity index is 2.00. The standard InChI is InChI=1S/C20H28O4/c1-19(2,3)15-7-18(24-12-14-10-22-14)16(20(4,5)6)8-17(15)23-11-13-9-21-13/h7-8,11,14H,9-10,12H2,1-6H3. The van der Waals surface area contributed by atoms with E-state index in [4.69, 9.17) is 18.9 Å². The Morgan fingerprint density at radius 2 is 1.58 bits per heavy atom. The van der Waals surface area contributed by atoms with Crippen molar-refractivity contribution >= 4 is 0 Å². The molecule has 2 heterocycles. The Morgan fingerprint density at radius 1 is 1.04 bits per heavy atom. The summed E-state index contributed by atoms with van der Waals surface area (Å²) >= 11 is 0. The average molecular weight is 332 g/mol. The van der Waals surface area contributed by atoms with Crippen LogP contribution in [0.15, 0.2) is 24.2 Å². The second kappa shape index (κ2) is 5.99. The molecule has 2 saturated heterocycles. The largest absolute Gasteiger partial charge is 0.490 e. The fraction of sp³-hybridized carbons (Fsp3) is 0.600. The molecule has 0 aliphatic carbocycles. The van der Waals surface area contributed by atoms with Crippen LogP contribution in [-0.2, 0) is 20.3 Å². The van der Waals surface area contributed by atoms with Gasteiger partial charge in [0.25, 0.3) is 0 Å². The lowest BCUT2D eigenvalue weighted by Crippen LogP contribution is -2.19. The lowest BCUT2D eigenvalue weighted by Gasteiger charge is -2.28. The maximum absolute atomic E-state index is 6.10. The van der Waals surface area contributed by atoms with Gasteiger partial charge in [0, 0.05) is 11.1 Å². The van der Waals surface area contributed by atoms with Crippen LogP contribution in [0.5, 0.6) is 11.5 Å². The average Bonchev–Trinajstić information content (AvgIpc) is 3.34. The second-order valence-electron chi connectivity index (χ2n) is 8.60. The molecule has 0 aromatic heterocycles. The Bertz CT molecular complexity index is 637. The summed E-state index contributed by atoms with van der Waals surface area (Å²) in [5.41, 5.74) is 2.17. The van der Waals surface area contributed by atoms with E-state index in [2.05, 4.69) is 53.7 Å². The molecular weight excluding hydrogens is 304 g/mol. The first-order valence-corrected chi connectivity index (χ1v) is 8.56. The highest BCUT2D eigenvalue weighted by Gasteiger charge is 2.29. The number of hydrogen-bond acceptors (Lipinski definition) is 4. The number of benzene rings is 1. The summed E-state index contributed by atoms with van der Waals surface area (Å²) in [4.78, 5) is 0. The Morgan fingerprint density at radius 3 is 2.08 bits per heavy atom. The van der Waals surface area contributed by atoms with Crippen LogP contribution in [0.25, 0.3) is 0 Å². The summed E-state index contributed by atoms with van der Waals surface area (Å²) in [6, 6.07) is 4.24. The smallest absolute Gasteiger partial charge is 0.169 e. The van der Waals surface area contributed by atoms with Crippen LogP contribution < -0.4 is 9.47 Å². The summed E-state index contributed by atoms with van der Waals surface area (Å²) in [6.07, 6.45) is 1.94. The molecular formula is C20H28O4. The van der Waals surface area contributed by atoms with Gasteiger partial charge in [-0.15, -0.1) is 0 Å². The molecule has 4 heteroatoms. The summed E-state index contributed by atoms with van der Waals surface area (Å²) in [5.74, 6) is 2.68. The predicted molar refractivity (Wildman–Crippen MR) is 93.7 cm³/mol. The second-order valence-corrected chi connectivity index (χ2v) is 8.60. The Kier molecular flexibility index (Phi) is 4.28. The van der Waals surface area contributed by atoms with Crippen molar-refractivity contribution in [2.75, 3.05) is 19.8 Å². The molecule has 1 unspecified atom stereocenters. The summed E-state index contributed by atoms with van der Waals surface area (Å²) in [6.45, 7) is 15.2. The van der Waals surface area contributed by atoms with Gasteiger partial charge in [0.1, 0.15) is 37.1 Å². The lowest BCUT2D eigenvalue weighted by molar-refractivity contribution is 0.257. The number of rotatable bonds is 5. The minimum atomic E-state index is -0.0527. The quantitative estimate of drug-likeness (QED) is 0.595. The molecule has 2 fully saturated rings. The van der Waals surface area contributed by atoms with E-state index in [9.17, 15) is 0 Å². The fourth-order valence-electron chi connectivity index (χ4n) is 2.53. The highest BCUT2D eigenvalue weighted by Crippen LogP contribution is 2.41. The van der Waals surface area contributed by atoms with Crippen molar-refractivity contribution in [2.24, 2.45) is 0 Å². The zero-order valence-electron chi connectivity index (χ0n) is 15.6. The maximum Gasteiger partial charge on any atom is 0.169 e. The molecule has 0 amide bonds. The summed E-state index contributed by atoms with van der Waals surface area (Å²) < 4.78 is 22.5. The topological polar surface area (TPSA) is 43.5 Å². The molecule has 1 aromatic rings. The molecule has 4 nitrogen and oxygen atoms in total. The predicted octanol–water partition coefficient (Wildman–Crippen LogP) is 4.31. The Hall–Kier alpha value is -1.68. The van der Waals surface area contributed by atoms with Crippen molar-refractivity contribution in [1.29, 1.82) is 0 Å². The van der Waals surface area contributed by atoms with E-state index < -0.39 is 0 Å². The van der Waals surface area contributed by atoms with Gasteiger partial charge in [0.05, 0.1) is 6.61 Å². The highest BCUT2D eigenvalue weighted by molar-refractivity contribution is 5.52. The normalized spacial score (nSPS) is 21.4. The molecule has 3 rings (SSSR count). The molecule has 0 saturated carbocycles. The van der Waals surface area contributed by atoms with E-state index in [1.54, 1.807) is 6.26 Å². The number of hydrogen-bond donors (Lipinski definition) is 0. The van der Waals surface area contributed by atoms with Gasteiger partial charge >= 0.3 is 0 Å². The number of ether oxygens (including phenoxy) is 4. The van der Waals surface area contributed by atoms with Crippen LogP contribution in [0.1, 0.15) is 52.7 Å². The molecule has 132 valence electrons. The van der Waals surface area contributed by atoms with Crippen molar-refractivity contribution in [3.8, 4) is 11.5 Å².